The van der Waals surface area contributed by atoms with Crippen LogP contribution in [0.15, 0.2) is 24.3 Å². The lowest BCUT2D eigenvalue weighted by Crippen LogP contribution is -2.14. The standard InChI is InChI=1S/C26H33ClO4/c1-13(2)19-11-18(12-20(14(3)4)23(19)28)26(30)31-24-21(15(5)6)9-17(25(27)29)10-22(24)16(7)8/h9-16,28H,1-8H3. The van der Waals surface area contributed by atoms with E-state index in [0.29, 0.717) is 16.9 Å². The number of carbonyl (C=O) groups is 2. The lowest BCUT2D eigenvalue weighted by atomic mass is 9.91. The second-order valence-electron chi connectivity index (χ2n) is 9.27. The van der Waals surface area contributed by atoms with Crippen LogP contribution in [-0.2, 0) is 0 Å². The lowest BCUT2D eigenvalue weighted by molar-refractivity contribution is 0.0730. The summed E-state index contributed by atoms with van der Waals surface area (Å²) in [6, 6.07) is 6.80. The van der Waals surface area contributed by atoms with Gasteiger partial charge < -0.3 is 9.84 Å². The van der Waals surface area contributed by atoms with Crippen LogP contribution in [0, 0.1) is 0 Å². The van der Waals surface area contributed by atoms with E-state index in [4.69, 9.17) is 16.3 Å². The molecule has 1 N–H and O–H groups in total. The number of hydrogen-bond donors (Lipinski definition) is 1. The van der Waals surface area contributed by atoms with E-state index in [-0.39, 0.29) is 29.4 Å². The van der Waals surface area contributed by atoms with Crippen molar-refractivity contribution >= 4 is 22.8 Å². The largest absolute Gasteiger partial charge is 0.507 e. The molecule has 0 aliphatic rings. The molecule has 2 aromatic rings. The lowest BCUT2D eigenvalue weighted by Gasteiger charge is -2.21. The third kappa shape index (κ3) is 5.48. The Bertz CT molecular complexity index is 929. The maximum Gasteiger partial charge on any atom is 0.343 e. The van der Waals surface area contributed by atoms with Crippen molar-refractivity contribution in [3.8, 4) is 11.5 Å². The van der Waals surface area contributed by atoms with E-state index in [1.165, 1.54) is 0 Å². The number of aromatic hydroxyl groups is 1. The van der Waals surface area contributed by atoms with Gasteiger partial charge >= 0.3 is 5.97 Å². The average Bonchev–Trinajstić information content (AvgIpc) is 2.66. The molecule has 0 radical (unpaired) electrons. The Labute approximate surface area is 190 Å². The summed E-state index contributed by atoms with van der Waals surface area (Å²) in [5.74, 6) is 0.368. The van der Waals surface area contributed by atoms with E-state index < -0.39 is 11.2 Å². The first kappa shape index (κ1) is 24.9. The number of esters is 1. The third-order valence-corrected chi connectivity index (χ3v) is 5.68. The Morgan fingerprint density at radius 2 is 1.06 bits per heavy atom. The van der Waals surface area contributed by atoms with Gasteiger partial charge in [0.05, 0.1) is 5.56 Å². The zero-order valence-electron chi connectivity index (χ0n) is 19.7. The van der Waals surface area contributed by atoms with Crippen LogP contribution in [-0.4, -0.2) is 16.3 Å². The van der Waals surface area contributed by atoms with Crippen molar-refractivity contribution in [3.05, 3.63) is 57.6 Å². The molecule has 0 heterocycles. The molecule has 0 unspecified atom stereocenters. The molecular weight excluding hydrogens is 412 g/mol. The van der Waals surface area contributed by atoms with E-state index in [2.05, 4.69) is 0 Å². The number of rotatable bonds is 7. The predicted octanol–water partition coefficient (Wildman–Crippen LogP) is 7.48. The minimum Gasteiger partial charge on any atom is -0.507 e. The molecule has 2 aromatic carbocycles. The Kier molecular flexibility index (Phi) is 7.93. The van der Waals surface area contributed by atoms with E-state index in [0.717, 1.165) is 22.3 Å². The van der Waals surface area contributed by atoms with Crippen molar-refractivity contribution in [1.82, 2.24) is 0 Å². The van der Waals surface area contributed by atoms with Crippen molar-refractivity contribution in [3.63, 3.8) is 0 Å². The highest BCUT2D eigenvalue weighted by Gasteiger charge is 2.24. The number of benzene rings is 2. The predicted molar refractivity (Wildman–Crippen MR) is 126 cm³/mol. The number of carbonyl (C=O) groups excluding carboxylic acids is 2. The Morgan fingerprint density at radius 1 is 0.710 bits per heavy atom. The van der Waals surface area contributed by atoms with Gasteiger partial charge in [-0.25, -0.2) is 4.79 Å². The number of phenols is 1. The van der Waals surface area contributed by atoms with Gasteiger partial charge in [0.15, 0.2) is 0 Å². The van der Waals surface area contributed by atoms with Gasteiger partial charge in [-0.2, -0.15) is 0 Å². The summed E-state index contributed by atoms with van der Waals surface area (Å²) in [4.78, 5) is 25.1. The van der Waals surface area contributed by atoms with Crippen LogP contribution in [0.2, 0.25) is 0 Å². The van der Waals surface area contributed by atoms with Crippen LogP contribution in [0.5, 0.6) is 11.5 Å². The van der Waals surface area contributed by atoms with Crippen LogP contribution < -0.4 is 4.74 Å². The second kappa shape index (κ2) is 9.86. The molecule has 0 aromatic heterocycles. The van der Waals surface area contributed by atoms with Gasteiger partial charge in [-0.3, -0.25) is 4.79 Å². The highest BCUT2D eigenvalue weighted by atomic mass is 35.5. The molecule has 0 saturated carbocycles. The third-order valence-electron chi connectivity index (χ3n) is 5.46. The normalized spacial score (nSPS) is 11.6. The van der Waals surface area contributed by atoms with E-state index >= 15 is 0 Å². The smallest absolute Gasteiger partial charge is 0.343 e. The molecule has 0 bridgehead atoms. The molecule has 5 heteroatoms. The van der Waals surface area contributed by atoms with Gasteiger partial charge in [-0.15, -0.1) is 0 Å². The SMILES string of the molecule is CC(C)c1cc(C(=O)Oc2c(C(C)C)cc(C(=O)Cl)cc2C(C)C)cc(C(C)C)c1O. The van der Waals surface area contributed by atoms with Crippen molar-refractivity contribution in [1.29, 1.82) is 0 Å². The quantitative estimate of drug-likeness (QED) is 0.273. The Balaban J connectivity index is 2.63. The number of phenolic OH excluding ortho intramolecular Hbond substituents is 1. The van der Waals surface area contributed by atoms with Gasteiger partial charge in [0.25, 0.3) is 5.24 Å². The van der Waals surface area contributed by atoms with Crippen molar-refractivity contribution in [2.45, 2.75) is 79.1 Å². The molecule has 2 rings (SSSR count). The first-order valence-electron chi connectivity index (χ1n) is 10.8. The summed E-state index contributed by atoms with van der Waals surface area (Å²) in [5, 5.41) is 10.1. The summed E-state index contributed by atoms with van der Waals surface area (Å²) >= 11 is 5.75. The topological polar surface area (TPSA) is 63.6 Å². The fourth-order valence-corrected chi connectivity index (χ4v) is 3.70. The van der Waals surface area contributed by atoms with Gasteiger partial charge in [0.1, 0.15) is 11.5 Å². The number of hydrogen-bond acceptors (Lipinski definition) is 4. The van der Waals surface area contributed by atoms with Crippen LogP contribution >= 0.6 is 11.6 Å². The molecular formula is C26H33ClO4. The minimum atomic E-state index is -0.539. The van der Waals surface area contributed by atoms with Gasteiger partial charge in [0, 0.05) is 5.56 Å². The van der Waals surface area contributed by atoms with Crippen molar-refractivity contribution in [2.75, 3.05) is 0 Å². The second-order valence-corrected chi connectivity index (χ2v) is 9.61. The van der Waals surface area contributed by atoms with Crippen LogP contribution in [0.4, 0.5) is 0 Å². The maximum absolute atomic E-state index is 13.2. The molecule has 31 heavy (non-hydrogen) atoms. The van der Waals surface area contributed by atoms with Crippen LogP contribution in [0.3, 0.4) is 0 Å². The molecule has 0 fully saturated rings. The molecule has 4 nitrogen and oxygen atoms in total. The molecule has 168 valence electrons. The zero-order chi connectivity index (χ0) is 23.6. The Morgan fingerprint density at radius 3 is 1.39 bits per heavy atom. The van der Waals surface area contributed by atoms with Crippen molar-refractivity contribution in [2.24, 2.45) is 0 Å². The average molecular weight is 445 g/mol. The molecule has 0 aliphatic heterocycles. The molecule has 0 atom stereocenters. The maximum atomic E-state index is 13.2. The van der Waals surface area contributed by atoms with Crippen LogP contribution in [0.25, 0.3) is 0 Å². The molecule has 0 spiro atoms. The number of ether oxygens (including phenoxy) is 1. The van der Waals surface area contributed by atoms with Gasteiger partial charge in [-0.1, -0.05) is 55.4 Å². The molecule has 0 aliphatic carbocycles. The fourth-order valence-electron chi connectivity index (χ4n) is 3.59. The first-order valence-corrected chi connectivity index (χ1v) is 11.2. The highest BCUT2D eigenvalue weighted by Crippen LogP contribution is 2.38. The first-order chi connectivity index (χ1) is 14.3. The summed E-state index contributed by atoms with van der Waals surface area (Å²) < 4.78 is 5.95. The molecule has 0 amide bonds. The zero-order valence-corrected chi connectivity index (χ0v) is 20.4. The summed E-state index contributed by atoms with van der Waals surface area (Å²) in [6.45, 7) is 15.8. The highest BCUT2D eigenvalue weighted by molar-refractivity contribution is 6.67. The molecule has 0 saturated heterocycles. The van der Waals surface area contributed by atoms with E-state index in [1.807, 2.05) is 55.4 Å². The Hall–Kier alpha value is -2.33. The van der Waals surface area contributed by atoms with Gasteiger partial charge in [-0.05, 0) is 81.8 Å². The number of halogens is 1. The van der Waals surface area contributed by atoms with Gasteiger partial charge in [0.2, 0.25) is 0 Å². The summed E-state index contributed by atoms with van der Waals surface area (Å²) in [7, 11) is 0. The van der Waals surface area contributed by atoms with E-state index in [1.54, 1.807) is 24.3 Å². The summed E-state index contributed by atoms with van der Waals surface area (Å²) in [6.07, 6.45) is 0. The monoisotopic (exact) mass is 444 g/mol. The van der Waals surface area contributed by atoms with E-state index in [9.17, 15) is 14.7 Å². The van der Waals surface area contributed by atoms with Crippen LogP contribution in [0.1, 0.15) is 122 Å². The fraction of sp³-hybridized carbons (Fsp3) is 0.462. The minimum absolute atomic E-state index is 0.0218. The summed E-state index contributed by atoms with van der Waals surface area (Å²) in [5.41, 5.74) is 3.74. The van der Waals surface area contributed by atoms with Crippen molar-refractivity contribution < 1.29 is 19.4 Å².